The summed E-state index contributed by atoms with van der Waals surface area (Å²) in [5.41, 5.74) is 23.1. The minimum absolute atomic E-state index is 0.0751. The number of imidazole rings is 1. The highest BCUT2D eigenvalue weighted by Gasteiger charge is 2.53. The summed E-state index contributed by atoms with van der Waals surface area (Å²) in [7, 11) is 2.32. The molecular weight excluding hydrogens is 662 g/mol. The van der Waals surface area contributed by atoms with Gasteiger partial charge in [-0.3, -0.25) is 0 Å². The molecule has 0 spiro atoms. The normalized spacial score (nSPS) is 15.3. The number of hydrogen-bond acceptors (Lipinski definition) is 0. The number of hydrogen-bond donors (Lipinski definition) is 0. The van der Waals surface area contributed by atoms with Crippen molar-refractivity contribution in [2.45, 2.75) is 73.1 Å². The van der Waals surface area contributed by atoms with Crippen LogP contribution in [0.15, 0.2) is 115 Å². The van der Waals surface area contributed by atoms with Crippen molar-refractivity contribution < 1.29 is 4.57 Å². The first-order valence-corrected chi connectivity index (χ1v) is 20.1. The van der Waals surface area contributed by atoms with Crippen molar-refractivity contribution in [3.63, 3.8) is 0 Å². The lowest BCUT2D eigenvalue weighted by molar-refractivity contribution is -0.632. The zero-order valence-electron chi connectivity index (χ0n) is 34.0. The molecule has 268 valence electrons. The number of nitrogens with zero attached hydrogens (tertiary/aromatic N) is 2. The van der Waals surface area contributed by atoms with Crippen LogP contribution in [0.25, 0.3) is 38.6 Å². The van der Waals surface area contributed by atoms with Crippen molar-refractivity contribution >= 4 is 73.5 Å². The number of para-hydroxylation sites is 1. The van der Waals surface area contributed by atoms with Gasteiger partial charge in [0, 0.05) is 27.3 Å². The molecule has 0 saturated carbocycles. The van der Waals surface area contributed by atoms with E-state index in [1.54, 1.807) is 0 Å². The van der Waals surface area contributed by atoms with Gasteiger partial charge in [-0.1, -0.05) is 198 Å². The maximum atomic E-state index is 2.69. The van der Waals surface area contributed by atoms with E-state index >= 15 is 0 Å². The Labute approximate surface area is 327 Å². The summed E-state index contributed by atoms with van der Waals surface area (Å²) in [4.78, 5) is 0. The molecule has 0 bridgehead atoms. The van der Waals surface area contributed by atoms with E-state index in [-0.39, 0.29) is 24.3 Å². The summed E-state index contributed by atoms with van der Waals surface area (Å²) in [5.74, 6) is 0. The monoisotopic (exact) mass is 711 g/mol. The average Bonchev–Trinajstić information content (AvgIpc) is 3.48. The SMILES string of the molecule is Cc1cccc(C)c1B1c2ccccc2B(c2c(C)cccc2C)c2c1cc(C)c1c2c2cccc3c2n2c(c(-c4ccccc4)[n+](C)c12)C(C)(C)C3(C)C. The first-order valence-electron chi connectivity index (χ1n) is 20.1. The van der Waals surface area contributed by atoms with Crippen molar-refractivity contribution in [3.05, 3.63) is 154 Å². The van der Waals surface area contributed by atoms with Crippen molar-refractivity contribution in [2.75, 3.05) is 0 Å². The molecule has 0 saturated heterocycles. The van der Waals surface area contributed by atoms with Gasteiger partial charge in [0.05, 0.1) is 12.4 Å². The van der Waals surface area contributed by atoms with Crippen LogP contribution in [0, 0.1) is 34.6 Å². The van der Waals surface area contributed by atoms with Gasteiger partial charge in [-0.15, -0.1) is 0 Å². The lowest BCUT2D eigenvalue weighted by Gasteiger charge is -2.43. The van der Waals surface area contributed by atoms with Crippen LogP contribution in [0.5, 0.6) is 0 Å². The van der Waals surface area contributed by atoms with Crippen LogP contribution in [0.4, 0.5) is 0 Å². The molecule has 0 aliphatic carbocycles. The number of pyridine rings is 1. The zero-order chi connectivity index (χ0) is 38.3. The second-order valence-corrected chi connectivity index (χ2v) is 17.8. The molecule has 0 atom stereocenters. The summed E-state index contributed by atoms with van der Waals surface area (Å²) in [6, 6.07) is 44.0. The zero-order valence-corrected chi connectivity index (χ0v) is 34.0. The molecule has 0 fully saturated rings. The van der Waals surface area contributed by atoms with Crippen LogP contribution in [0.2, 0.25) is 0 Å². The summed E-state index contributed by atoms with van der Waals surface area (Å²) in [6.45, 7) is 21.7. The van der Waals surface area contributed by atoms with Gasteiger partial charge in [-0.2, -0.15) is 4.40 Å². The maximum Gasteiger partial charge on any atom is 0.295 e. The average molecular weight is 712 g/mol. The summed E-state index contributed by atoms with van der Waals surface area (Å²) >= 11 is 0. The lowest BCUT2D eigenvalue weighted by Crippen LogP contribution is -2.76. The minimum Gasteiger partial charge on any atom is -0.225 e. The molecule has 2 aliphatic heterocycles. The Balaban J connectivity index is 1.51. The summed E-state index contributed by atoms with van der Waals surface area (Å²) in [6.07, 6.45) is 0. The second-order valence-electron chi connectivity index (χ2n) is 17.8. The van der Waals surface area contributed by atoms with E-state index in [0.717, 1.165) is 0 Å². The molecule has 0 N–H and O–H groups in total. The van der Waals surface area contributed by atoms with Crippen LogP contribution in [0.3, 0.4) is 0 Å². The highest BCUT2D eigenvalue weighted by molar-refractivity contribution is 7.12. The third kappa shape index (κ3) is 4.32. The number of aryl methyl sites for hydroxylation is 6. The van der Waals surface area contributed by atoms with Crippen molar-refractivity contribution in [1.82, 2.24) is 4.40 Å². The fourth-order valence-corrected chi connectivity index (χ4v) is 11.3. The van der Waals surface area contributed by atoms with Crippen LogP contribution in [-0.2, 0) is 17.9 Å². The van der Waals surface area contributed by atoms with Gasteiger partial charge in [0.15, 0.2) is 11.4 Å². The predicted molar refractivity (Wildman–Crippen MR) is 237 cm³/mol. The molecule has 0 radical (unpaired) electrons. The van der Waals surface area contributed by atoms with E-state index < -0.39 is 0 Å². The molecule has 6 aromatic carbocycles. The third-order valence-corrected chi connectivity index (χ3v) is 14.4. The Morgan fingerprint density at radius 1 is 0.509 bits per heavy atom. The van der Waals surface area contributed by atoms with Crippen molar-refractivity contribution in [3.8, 4) is 11.3 Å². The fourth-order valence-electron chi connectivity index (χ4n) is 11.3. The van der Waals surface area contributed by atoms with Crippen LogP contribution in [0.1, 0.15) is 66.8 Å². The molecule has 4 heteroatoms. The number of aromatic nitrogens is 2. The van der Waals surface area contributed by atoms with Gasteiger partial charge in [0.2, 0.25) is 13.4 Å². The van der Waals surface area contributed by atoms with E-state index in [2.05, 4.69) is 194 Å². The third-order valence-electron chi connectivity index (χ3n) is 14.4. The molecule has 2 nitrogen and oxygen atoms in total. The number of benzene rings is 6. The lowest BCUT2D eigenvalue weighted by atomic mass is 9.20. The molecule has 0 unspecified atom stereocenters. The quantitative estimate of drug-likeness (QED) is 0.104. The first kappa shape index (κ1) is 34.2. The largest absolute Gasteiger partial charge is 0.295 e. The van der Waals surface area contributed by atoms with Crippen molar-refractivity contribution in [2.24, 2.45) is 7.05 Å². The van der Waals surface area contributed by atoms with Gasteiger partial charge in [-0.05, 0) is 45.6 Å². The Kier molecular flexibility index (Phi) is 7.20. The Bertz CT molecular complexity index is 2910. The Morgan fingerprint density at radius 3 is 1.67 bits per heavy atom. The Hall–Kier alpha value is -5.34. The number of fused-ring (bicyclic) bond motifs is 6. The summed E-state index contributed by atoms with van der Waals surface area (Å²) < 4.78 is 5.23. The summed E-state index contributed by atoms with van der Waals surface area (Å²) in [5, 5.41) is 4.13. The molecule has 8 aromatic rings. The predicted octanol–water partition coefficient (Wildman–Crippen LogP) is 7.19. The highest BCUT2D eigenvalue weighted by atomic mass is 15.1. The molecule has 4 heterocycles. The van der Waals surface area contributed by atoms with Crippen LogP contribution in [-0.4, -0.2) is 17.8 Å². The van der Waals surface area contributed by atoms with Gasteiger partial charge >= 0.3 is 0 Å². The molecule has 2 aliphatic rings. The van der Waals surface area contributed by atoms with E-state index in [1.807, 2.05) is 0 Å². The standard InChI is InChI=1S/C51H49B2N2/c1-30-19-16-20-31(2)43(30)52-38-27-14-15-28-39(38)53(44-32(3)21-17-22-33(44)4)45-40(52)29-34(5)41-42(45)36-25-18-26-37-47(36)55-48(51(8,9)50(37,6)7)46(54(10)49(41)55)35-23-12-11-13-24-35/h11-29H,1-10H3/q+1. The van der Waals surface area contributed by atoms with Crippen LogP contribution < -0.4 is 37.3 Å². The van der Waals surface area contributed by atoms with E-state index in [4.69, 9.17) is 0 Å². The van der Waals surface area contributed by atoms with Gasteiger partial charge in [-0.25, -0.2) is 4.57 Å². The van der Waals surface area contributed by atoms with E-state index in [0.29, 0.717) is 0 Å². The van der Waals surface area contributed by atoms with Crippen molar-refractivity contribution in [1.29, 1.82) is 0 Å². The second kappa shape index (κ2) is 11.6. The molecule has 0 amide bonds. The maximum absolute atomic E-state index is 2.69. The van der Waals surface area contributed by atoms with E-state index in [9.17, 15) is 0 Å². The first-order chi connectivity index (χ1) is 26.4. The topological polar surface area (TPSA) is 8.29 Å². The molecular formula is C51H49B2N2+. The number of rotatable bonds is 3. The molecule has 2 aromatic heterocycles. The smallest absolute Gasteiger partial charge is 0.225 e. The minimum atomic E-state index is -0.160. The van der Waals surface area contributed by atoms with Crippen LogP contribution >= 0.6 is 0 Å². The Morgan fingerprint density at radius 2 is 1.05 bits per heavy atom. The highest BCUT2D eigenvalue weighted by Crippen LogP contribution is 2.53. The van der Waals surface area contributed by atoms with Gasteiger partial charge < -0.3 is 0 Å². The fraction of sp³-hybridized carbons (Fsp3) is 0.235. The molecule has 10 rings (SSSR count). The molecule has 55 heavy (non-hydrogen) atoms. The van der Waals surface area contributed by atoms with E-state index in [1.165, 1.54) is 110 Å². The van der Waals surface area contributed by atoms with Gasteiger partial charge in [0.25, 0.3) is 5.65 Å². The van der Waals surface area contributed by atoms with Gasteiger partial charge in [0.1, 0.15) is 5.52 Å².